The lowest BCUT2D eigenvalue weighted by Crippen LogP contribution is -2.45. The molecule has 1 fully saturated rings. The van der Waals surface area contributed by atoms with Crippen molar-refractivity contribution >= 4 is 27.1 Å². The maximum absolute atomic E-state index is 13.7. The van der Waals surface area contributed by atoms with E-state index in [0.29, 0.717) is 37.5 Å². The van der Waals surface area contributed by atoms with Gasteiger partial charge in [-0.2, -0.15) is 4.98 Å². The molecule has 1 saturated heterocycles. The van der Waals surface area contributed by atoms with E-state index in [1.165, 1.54) is 16.6 Å². The maximum Gasteiger partial charge on any atom is 0.298 e. The molecule has 6 nitrogen and oxygen atoms in total. The lowest BCUT2D eigenvalue weighted by Gasteiger charge is -2.34. The van der Waals surface area contributed by atoms with Gasteiger partial charge in [0.25, 0.3) is 6.01 Å². The average molecular weight is 327 g/mol. The molecule has 1 aromatic carbocycles. The summed E-state index contributed by atoms with van der Waals surface area (Å²) in [5.41, 5.74) is 0.633. The quantitative estimate of drug-likeness (QED) is 0.860. The van der Waals surface area contributed by atoms with Gasteiger partial charge < -0.3 is 9.32 Å². The van der Waals surface area contributed by atoms with Crippen LogP contribution in [0.5, 0.6) is 0 Å². The van der Waals surface area contributed by atoms with Crippen molar-refractivity contribution in [3.63, 3.8) is 0 Å². The number of rotatable bonds is 3. The van der Waals surface area contributed by atoms with Crippen LogP contribution in [0.2, 0.25) is 0 Å². The monoisotopic (exact) mass is 327 g/mol. The van der Waals surface area contributed by atoms with Gasteiger partial charge >= 0.3 is 0 Å². The highest BCUT2D eigenvalue weighted by Crippen LogP contribution is 2.27. The first-order valence-corrected chi connectivity index (χ1v) is 8.94. The number of hydrogen-bond acceptors (Lipinski definition) is 5. The number of hydrogen-bond donors (Lipinski definition) is 0. The number of halogens is 1. The van der Waals surface area contributed by atoms with Crippen molar-refractivity contribution in [3.8, 4) is 0 Å². The first kappa shape index (κ1) is 15.2. The molecule has 1 aliphatic heterocycles. The van der Waals surface area contributed by atoms with Gasteiger partial charge in [-0.3, -0.25) is 0 Å². The second-order valence-electron chi connectivity index (χ2n) is 5.59. The zero-order valence-corrected chi connectivity index (χ0v) is 13.3. The van der Waals surface area contributed by atoms with Crippen LogP contribution >= 0.6 is 0 Å². The summed E-state index contributed by atoms with van der Waals surface area (Å²) in [6.07, 6.45) is 2.59. The van der Waals surface area contributed by atoms with Crippen molar-refractivity contribution in [1.82, 2.24) is 9.29 Å². The van der Waals surface area contributed by atoms with Gasteiger partial charge in [-0.15, -0.1) is 0 Å². The lowest BCUT2D eigenvalue weighted by atomic mass is 10.1. The normalized spacial score (nSPS) is 18.0. The summed E-state index contributed by atoms with van der Waals surface area (Å²) < 4.78 is 43.8. The van der Waals surface area contributed by atoms with Crippen LogP contribution in [0.3, 0.4) is 0 Å². The first-order chi connectivity index (χ1) is 10.4. The van der Waals surface area contributed by atoms with Crippen LogP contribution in [-0.2, 0) is 10.0 Å². The third kappa shape index (κ3) is 2.80. The summed E-state index contributed by atoms with van der Waals surface area (Å²) in [6, 6.07) is 5.08. The fourth-order valence-electron chi connectivity index (χ4n) is 2.77. The van der Waals surface area contributed by atoms with Crippen LogP contribution in [-0.4, -0.2) is 50.1 Å². The minimum Gasteiger partial charge on any atom is -0.423 e. The fourth-order valence-corrected chi connectivity index (χ4v) is 3.65. The number of nitrogens with zero attached hydrogens (tertiary/aromatic N) is 3. The van der Waals surface area contributed by atoms with Crippen LogP contribution < -0.4 is 4.90 Å². The number of sulfonamides is 1. The number of fused-ring (bicyclic) bond motifs is 1. The molecule has 120 valence electrons. The number of oxazole rings is 1. The van der Waals surface area contributed by atoms with Crippen molar-refractivity contribution < 1.29 is 17.2 Å². The van der Waals surface area contributed by atoms with Crippen molar-refractivity contribution in [2.24, 2.45) is 0 Å². The Morgan fingerprint density at radius 1 is 1.36 bits per heavy atom. The molecule has 1 aliphatic rings. The van der Waals surface area contributed by atoms with Crippen LogP contribution in [0.1, 0.15) is 12.8 Å². The molecule has 0 spiro atoms. The fraction of sp³-hybridized carbons (Fsp3) is 0.500. The van der Waals surface area contributed by atoms with Crippen molar-refractivity contribution in [2.45, 2.75) is 18.9 Å². The Morgan fingerprint density at radius 3 is 2.64 bits per heavy atom. The van der Waals surface area contributed by atoms with Crippen LogP contribution in [0.4, 0.5) is 10.4 Å². The van der Waals surface area contributed by atoms with E-state index in [1.807, 2.05) is 11.9 Å². The van der Waals surface area contributed by atoms with E-state index >= 15 is 0 Å². The molecule has 3 rings (SSSR count). The third-order valence-electron chi connectivity index (χ3n) is 4.10. The third-order valence-corrected chi connectivity index (χ3v) is 5.40. The van der Waals surface area contributed by atoms with Crippen LogP contribution in [0.15, 0.2) is 22.6 Å². The molecule has 2 heterocycles. The molecular weight excluding hydrogens is 309 g/mol. The highest BCUT2D eigenvalue weighted by molar-refractivity contribution is 7.88. The first-order valence-electron chi connectivity index (χ1n) is 7.09. The van der Waals surface area contributed by atoms with Gasteiger partial charge in [-0.25, -0.2) is 17.1 Å². The molecule has 0 radical (unpaired) electrons. The molecule has 2 aromatic rings. The van der Waals surface area contributed by atoms with Gasteiger partial charge in [0.2, 0.25) is 10.0 Å². The maximum atomic E-state index is 13.7. The predicted octanol–water partition coefficient (Wildman–Crippen LogP) is 1.83. The van der Waals surface area contributed by atoms with E-state index in [1.54, 1.807) is 12.1 Å². The van der Waals surface area contributed by atoms with Crippen molar-refractivity contribution in [2.75, 3.05) is 31.3 Å². The van der Waals surface area contributed by atoms with E-state index in [2.05, 4.69) is 4.98 Å². The number of benzene rings is 1. The summed E-state index contributed by atoms with van der Waals surface area (Å²) in [5.74, 6) is -0.409. The predicted molar refractivity (Wildman–Crippen MR) is 81.8 cm³/mol. The summed E-state index contributed by atoms with van der Waals surface area (Å²) in [5, 5.41) is 0. The summed E-state index contributed by atoms with van der Waals surface area (Å²) in [7, 11) is -1.30. The van der Waals surface area contributed by atoms with Gasteiger partial charge in [0.05, 0.1) is 6.26 Å². The Hall–Kier alpha value is -1.67. The van der Waals surface area contributed by atoms with E-state index in [0.717, 1.165) is 0 Å². The Balaban J connectivity index is 1.76. The lowest BCUT2D eigenvalue weighted by molar-refractivity contribution is 0.311. The minimum absolute atomic E-state index is 0.120. The van der Waals surface area contributed by atoms with E-state index in [4.69, 9.17) is 4.42 Å². The van der Waals surface area contributed by atoms with Gasteiger partial charge in [0.15, 0.2) is 11.4 Å². The Morgan fingerprint density at radius 2 is 2.05 bits per heavy atom. The average Bonchev–Trinajstić information content (AvgIpc) is 2.91. The summed E-state index contributed by atoms with van der Waals surface area (Å²) in [6.45, 7) is 0.949. The Labute approximate surface area is 128 Å². The molecule has 0 bridgehead atoms. The second-order valence-corrected chi connectivity index (χ2v) is 7.57. The Bertz CT molecular complexity index is 782. The standard InChI is InChI=1S/C14H18FN3O3S/c1-17(10-6-8-18(9-7-10)22(2,19)20)14-16-13-11(15)4-3-5-12(13)21-14/h3-5,10H,6-9H2,1-2H3. The van der Waals surface area contributed by atoms with E-state index < -0.39 is 15.8 Å². The topological polar surface area (TPSA) is 66.7 Å². The van der Waals surface area contributed by atoms with Gasteiger partial charge in [0.1, 0.15) is 5.52 Å². The number of aromatic nitrogens is 1. The molecule has 1 aromatic heterocycles. The molecule has 0 atom stereocenters. The molecule has 22 heavy (non-hydrogen) atoms. The van der Waals surface area contributed by atoms with Gasteiger partial charge in [-0.1, -0.05) is 6.07 Å². The van der Waals surface area contributed by atoms with E-state index in [-0.39, 0.29) is 11.6 Å². The van der Waals surface area contributed by atoms with E-state index in [9.17, 15) is 12.8 Å². The second kappa shape index (κ2) is 5.51. The Kier molecular flexibility index (Phi) is 3.82. The number of anilines is 1. The minimum atomic E-state index is -3.14. The zero-order chi connectivity index (χ0) is 15.9. The molecule has 0 N–H and O–H groups in total. The molecule has 0 aliphatic carbocycles. The molecular formula is C14H18FN3O3S. The smallest absolute Gasteiger partial charge is 0.298 e. The van der Waals surface area contributed by atoms with Crippen molar-refractivity contribution in [1.29, 1.82) is 0 Å². The largest absolute Gasteiger partial charge is 0.423 e. The van der Waals surface area contributed by atoms with Gasteiger partial charge in [-0.05, 0) is 25.0 Å². The number of piperidine rings is 1. The molecule has 0 saturated carbocycles. The zero-order valence-electron chi connectivity index (χ0n) is 12.5. The van der Waals surface area contributed by atoms with Gasteiger partial charge in [0, 0.05) is 26.2 Å². The summed E-state index contributed by atoms with van der Waals surface area (Å²) >= 11 is 0. The molecule has 8 heteroatoms. The molecule has 0 unspecified atom stereocenters. The highest BCUT2D eigenvalue weighted by Gasteiger charge is 2.29. The summed E-state index contributed by atoms with van der Waals surface area (Å²) in [4.78, 5) is 6.07. The van der Waals surface area contributed by atoms with Crippen LogP contribution in [0.25, 0.3) is 11.1 Å². The highest BCUT2D eigenvalue weighted by atomic mass is 32.2. The van der Waals surface area contributed by atoms with Crippen LogP contribution in [0, 0.1) is 5.82 Å². The number of para-hydroxylation sites is 1. The molecule has 0 amide bonds. The van der Waals surface area contributed by atoms with Crippen molar-refractivity contribution in [3.05, 3.63) is 24.0 Å². The SMILES string of the molecule is CN(c1nc2c(F)cccc2o1)C1CCN(S(C)(=O)=O)CC1.